The second kappa shape index (κ2) is 3.51. The highest BCUT2D eigenvalue weighted by Crippen LogP contribution is 2.45. The van der Waals surface area contributed by atoms with Crippen LogP contribution in [0.4, 0.5) is 5.69 Å². The molecule has 0 amide bonds. The third-order valence-electron chi connectivity index (χ3n) is 4.09. The van der Waals surface area contributed by atoms with Gasteiger partial charge < -0.3 is 5.32 Å². The van der Waals surface area contributed by atoms with Crippen molar-refractivity contribution in [1.82, 2.24) is 4.98 Å². The van der Waals surface area contributed by atoms with Gasteiger partial charge in [0, 0.05) is 12.2 Å². The molecule has 2 aliphatic carbocycles. The second-order valence-electron chi connectivity index (χ2n) is 5.06. The first kappa shape index (κ1) is 9.20. The Morgan fingerprint density at radius 1 is 1.33 bits per heavy atom. The number of hydrogen-bond acceptors (Lipinski definition) is 2. The van der Waals surface area contributed by atoms with Gasteiger partial charge in [-0.25, -0.2) is 0 Å². The van der Waals surface area contributed by atoms with Crippen molar-refractivity contribution in [3.63, 3.8) is 0 Å². The molecular formula is C13H18N2. The Balaban J connectivity index is 1.73. The second-order valence-corrected chi connectivity index (χ2v) is 5.06. The smallest absolute Gasteiger partial charge is 0.0603 e. The molecule has 0 aliphatic heterocycles. The number of nitrogens with zero attached hydrogens (tertiary/aromatic N) is 1. The van der Waals surface area contributed by atoms with Crippen LogP contribution in [-0.4, -0.2) is 11.0 Å². The summed E-state index contributed by atoms with van der Waals surface area (Å²) in [5.74, 6) is 1.93. The van der Waals surface area contributed by atoms with Crippen molar-refractivity contribution in [1.29, 1.82) is 0 Å². The zero-order valence-corrected chi connectivity index (χ0v) is 9.24. The van der Waals surface area contributed by atoms with Gasteiger partial charge in [0.05, 0.1) is 11.4 Å². The molecule has 1 heterocycles. The van der Waals surface area contributed by atoms with Gasteiger partial charge in [0.15, 0.2) is 0 Å². The number of nitrogens with one attached hydrogen (secondary N) is 1. The lowest BCUT2D eigenvalue weighted by Crippen LogP contribution is -2.26. The van der Waals surface area contributed by atoms with Crippen LogP contribution >= 0.6 is 0 Å². The summed E-state index contributed by atoms with van der Waals surface area (Å²) in [5.41, 5.74) is 2.36. The summed E-state index contributed by atoms with van der Waals surface area (Å²) in [6.07, 6.45) is 7.59. The van der Waals surface area contributed by atoms with Crippen molar-refractivity contribution in [3.8, 4) is 0 Å². The number of rotatable bonds is 2. The SMILES string of the molecule is Cc1ncccc1N[C@H]1C[C@@H]2CC[C@@H]1C2. The summed E-state index contributed by atoms with van der Waals surface area (Å²) < 4.78 is 0. The lowest BCUT2D eigenvalue weighted by atomic mass is 9.95. The molecular weight excluding hydrogens is 184 g/mol. The van der Waals surface area contributed by atoms with Crippen LogP contribution in [0.25, 0.3) is 0 Å². The molecule has 2 heteroatoms. The summed E-state index contributed by atoms with van der Waals surface area (Å²) in [5, 5.41) is 3.68. The molecule has 1 N–H and O–H groups in total. The topological polar surface area (TPSA) is 24.9 Å². The number of aryl methyl sites for hydroxylation is 1. The number of fused-ring (bicyclic) bond motifs is 2. The molecule has 3 atom stereocenters. The van der Waals surface area contributed by atoms with Crippen LogP contribution < -0.4 is 5.32 Å². The molecule has 1 aromatic rings. The molecule has 2 aliphatic rings. The first-order chi connectivity index (χ1) is 7.33. The van der Waals surface area contributed by atoms with E-state index in [1.165, 1.54) is 31.4 Å². The number of aromatic nitrogens is 1. The van der Waals surface area contributed by atoms with Crippen LogP contribution in [0.1, 0.15) is 31.4 Å². The Labute approximate surface area is 91.1 Å². The lowest BCUT2D eigenvalue weighted by molar-refractivity contribution is 0.439. The van der Waals surface area contributed by atoms with Crippen molar-refractivity contribution in [2.75, 3.05) is 5.32 Å². The maximum absolute atomic E-state index is 4.32. The molecule has 3 rings (SSSR count). The van der Waals surface area contributed by atoms with Crippen LogP contribution in [0, 0.1) is 18.8 Å². The predicted molar refractivity (Wildman–Crippen MR) is 61.8 cm³/mol. The van der Waals surface area contributed by atoms with E-state index in [1.807, 2.05) is 12.3 Å². The lowest BCUT2D eigenvalue weighted by Gasteiger charge is -2.24. The van der Waals surface area contributed by atoms with Crippen LogP contribution in [-0.2, 0) is 0 Å². The molecule has 0 saturated heterocycles. The average Bonchev–Trinajstić information content (AvgIpc) is 2.83. The third-order valence-corrected chi connectivity index (χ3v) is 4.09. The van der Waals surface area contributed by atoms with Gasteiger partial charge in [-0.1, -0.05) is 6.42 Å². The van der Waals surface area contributed by atoms with Gasteiger partial charge in [-0.3, -0.25) is 4.98 Å². The summed E-state index contributed by atoms with van der Waals surface area (Å²) in [6, 6.07) is 4.88. The molecule has 0 spiro atoms. The van der Waals surface area contributed by atoms with E-state index in [-0.39, 0.29) is 0 Å². The standard InChI is InChI=1S/C13H18N2/c1-9-12(3-2-6-14-9)15-13-8-10-4-5-11(13)7-10/h2-3,6,10-11,13,15H,4-5,7-8H2,1H3/t10-,11-,13+/m1/s1. The van der Waals surface area contributed by atoms with E-state index >= 15 is 0 Å². The van der Waals surface area contributed by atoms with Crippen molar-refractivity contribution in [3.05, 3.63) is 24.0 Å². The zero-order chi connectivity index (χ0) is 10.3. The highest BCUT2D eigenvalue weighted by atomic mass is 15.0. The van der Waals surface area contributed by atoms with Crippen molar-refractivity contribution in [2.45, 2.75) is 38.6 Å². The number of anilines is 1. The maximum atomic E-state index is 4.32. The van der Waals surface area contributed by atoms with Gasteiger partial charge in [-0.15, -0.1) is 0 Å². The van der Waals surface area contributed by atoms with Crippen molar-refractivity contribution >= 4 is 5.69 Å². The predicted octanol–water partition coefficient (Wildman–Crippen LogP) is 2.99. The molecule has 2 bridgehead atoms. The first-order valence-electron chi connectivity index (χ1n) is 6.01. The van der Waals surface area contributed by atoms with E-state index in [2.05, 4.69) is 23.3 Å². The Bertz CT molecular complexity index is 361. The fourth-order valence-electron chi connectivity index (χ4n) is 3.26. The van der Waals surface area contributed by atoms with Gasteiger partial charge in [-0.2, -0.15) is 0 Å². The molecule has 15 heavy (non-hydrogen) atoms. The molecule has 0 aromatic carbocycles. The van der Waals surface area contributed by atoms with E-state index in [1.54, 1.807) is 0 Å². The average molecular weight is 202 g/mol. The molecule has 80 valence electrons. The molecule has 1 aromatic heterocycles. The maximum Gasteiger partial charge on any atom is 0.0603 e. The Morgan fingerprint density at radius 2 is 2.27 bits per heavy atom. The number of pyridine rings is 1. The van der Waals surface area contributed by atoms with E-state index < -0.39 is 0 Å². The normalized spacial score (nSPS) is 33.3. The fourth-order valence-corrected chi connectivity index (χ4v) is 3.26. The van der Waals surface area contributed by atoms with Crippen molar-refractivity contribution < 1.29 is 0 Å². The van der Waals surface area contributed by atoms with E-state index in [0.29, 0.717) is 6.04 Å². The Hall–Kier alpha value is -1.05. The highest BCUT2D eigenvalue weighted by Gasteiger charge is 2.39. The third kappa shape index (κ3) is 1.62. The molecule has 0 unspecified atom stereocenters. The summed E-state index contributed by atoms with van der Waals surface area (Å²) in [7, 11) is 0. The zero-order valence-electron chi connectivity index (χ0n) is 9.24. The number of hydrogen-bond donors (Lipinski definition) is 1. The van der Waals surface area contributed by atoms with Gasteiger partial charge in [-0.05, 0) is 50.2 Å². The van der Waals surface area contributed by atoms with Gasteiger partial charge in [0.2, 0.25) is 0 Å². The minimum absolute atomic E-state index is 0.714. The van der Waals surface area contributed by atoms with Crippen LogP contribution in [0.2, 0.25) is 0 Å². The molecule has 2 saturated carbocycles. The first-order valence-corrected chi connectivity index (χ1v) is 6.01. The van der Waals surface area contributed by atoms with E-state index in [4.69, 9.17) is 0 Å². The Morgan fingerprint density at radius 3 is 2.93 bits per heavy atom. The molecule has 2 fully saturated rings. The fraction of sp³-hybridized carbons (Fsp3) is 0.615. The van der Waals surface area contributed by atoms with Crippen LogP contribution in [0.5, 0.6) is 0 Å². The summed E-state index contributed by atoms with van der Waals surface area (Å²) in [4.78, 5) is 4.32. The molecule has 0 radical (unpaired) electrons. The van der Waals surface area contributed by atoms with Gasteiger partial charge >= 0.3 is 0 Å². The largest absolute Gasteiger partial charge is 0.381 e. The minimum atomic E-state index is 0.714. The van der Waals surface area contributed by atoms with Gasteiger partial charge in [0.25, 0.3) is 0 Å². The Kier molecular flexibility index (Phi) is 2.15. The summed E-state index contributed by atoms with van der Waals surface area (Å²) in [6.45, 7) is 2.08. The van der Waals surface area contributed by atoms with E-state index in [9.17, 15) is 0 Å². The summed E-state index contributed by atoms with van der Waals surface area (Å²) >= 11 is 0. The molecule has 2 nitrogen and oxygen atoms in total. The highest BCUT2D eigenvalue weighted by molar-refractivity contribution is 5.47. The minimum Gasteiger partial charge on any atom is -0.381 e. The monoisotopic (exact) mass is 202 g/mol. The van der Waals surface area contributed by atoms with E-state index in [0.717, 1.165) is 17.5 Å². The van der Waals surface area contributed by atoms with Gasteiger partial charge in [0.1, 0.15) is 0 Å². The van der Waals surface area contributed by atoms with Crippen molar-refractivity contribution in [2.24, 2.45) is 11.8 Å². The van der Waals surface area contributed by atoms with Crippen LogP contribution in [0.3, 0.4) is 0 Å². The quantitative estimate of drug-likeness (QED) is 0.797. The van der Waals surface area contributed by atoms with Crippen LogP contribution in [0.15, 0.2) is 18.3 Å².